The van der Waals surface area contributed by atoms with Crippen molar-refractivity contribution in [3.05, 3.63) is 101 Å². The second-order valence-electron chi connectivity index (χ2n) is 8.12. The number of aromatic amines is 1. The molecular formula is C24H19BrN4O4S. The second-order valence-corrected chi connectivity index (χ2v) is 10.0. The van der Waals surface area contributed by atoms with E-state index in [1.807, 2.05) is 24.3 Å². The SMILES string of the molecule is O=C1CCCC2=C1C(c1ccc(Br)cc1)c1c(nc(SCc3ccc([N+](=O)[O-])cc3)[nH]c1=O)N2. The van der Waals surface area contributed by atoms with E-state index in [0.717, 1.165) is 34.1 Å². The van der Waals surface area contributed by atoms with Crippen molar-refractivity contribution in [3.8, 4) is 0 Å². The third-order valence-corrected chi connectivity index (χ3v) is 7.44. The Morgan fingerprint density at radius 3 is 2.53 bits per heavy atom. The van der Waals surface area contributed by atoms with Crippen LogP contribution >= 0.6 is 27.7 Å². The summed E-state index contributed by atoms with van der Waals surface area (Å²) in [6.07, 6.45) is 1.96. The van der Waals surface area contributed by atoms with Gasteiger partial charge in [-0.1, -0.05) is 52.0 Å². The molecule has 2 aliphatic rings. The van der Waals surface area contributed by atoms with Gasteiger partial charge in [-0.05, 0) is 36.1 Å². The Kier molecular flexibility index (Phi) is 6.09. The van der Waals surface area contributed by atoms with Gasteiger partial charge in [-0.25, -0.2) is 4.98 Å². The molecule has 2 heterocycles. The van der Waals surface area contributed by atoms with Crippen LogP contribution in [-0.4, -0.2) is 20.7 Å². The van der Waals surface area contributed by atoms with Crippen LogP contribution in [0.4, 0.5) is 11.5 Å². The molecule has 1 aliphatic carbocycles. The minimum absolute atomic E-state index is 0.0309. The molecule has 1 atom stereocenters. The lowest BCUT2D eigenvalue weighted by Crippen LogP contribution is -2.32. The lowest BCUT2D eigenvalue weighted by molar-refractivity contribution is -0.384. The van der Waals surface area contributed by atoms with Crippen molar-refractivity contribution >= 4 is 45.0 Å². The van der Waals surface area contributed by atoms with Crippen LogP contribution in [-0.2, 0) is 10.5 Å². The smallest absolute Gasteiger partial charge is 0.269 e. The van der Waals surface area contributed by atoms with Gasteiger partial charge in [-0.2, -0.15) is 0 Å². The number of Topliss-reactive ketones (excluding diaryl/α,β-unsaturated/α-hetero) is 1. The number of fused-ring (bicyclic) bond motifs is 1. The number of thioether (sulfide) groups is 1. The average molecular weight is 539 g/mol. The molecule has 2 N–H and O–H groups in total. The molecule has 1 aromatic heterocycles. The van der Waals surface area contributed by atoms with Crippen LogP contribution in [0.25, 0.3) is 0 Å². The maximum absolute atomic E-state index is 13.3. The number of non-ortho nitro benzene ring substituents is 1. The van der Waals surface area contributed by atoms with Crippen molar-refractivity contribution < 1.29 is 9.72 Å². The predicted octanol–water partition coefficient (Wildman–Crippen LogP) is 5.30. The predicted molar refractivity (Wildman–Crippen MR) is 133 cm³/mol. The zero-order chi connectivity index (χ0) is 23.8. The van der Waals surface area contributed by atoms with E-state index in [1.165, 1.54) is 23.9 Å². The summed E-state index contributed by atoms with van der Waals surface area (Å²) in [5.74, 6) is 0.541. The largest absolute Gasteiger partial charge is 0.343 e. The van der Waals surface area contributed by atoms with Gasteiger partial charge < -0.3 is 10.3 Å². The quantitative estimate of drug-likeness (QED) is 0.196. The number of halogens is 1. The molecule has 34 heavy (non-hydrogen) atoms. The van der Waals surface area contributed by atoms with Gasteiger partial charge in [0.1, 0.15) is 5.82 Å². The number of carbonyl (C=O) groups is 1. The highest BCUT2D eigenvalue weighted by molar-refractivity contribution is 9.10. The molecule has 0 bridgehead atoms. The number of rotatable bonds is 5. The van der Waals surface area contributed by atoms with E-state index in [-0.39, 0.29) is 17.0 Å². The molecule has 0 amide bonds. The number of hydrogen-bond acceptors (Lipinski definition) is 7. The lowest BCUT2D eigenvalue weighted by Gasteiger charge is -2.32. The summed E-state index contributed by atoms with van der Waals surface area (Å²) >= 11 is 4.78. The van der Waals surface area contributed by atoms with Crippen LogP contribution in [0.3, 0.4) is 0 Å². The van der Waals surface area contributed by atoms with Crippen molar-refractivity contribution in [3.63, 3.8) is 0 Å². The van der Waals surface area contributed by atoms with Crippen LogP contribution in [0.1, 0.15) is 41.9 Å². The van der Waals surface area contributed by atoms with E-state index in [9.17, 15) is 19.7 Å². The Labute approximate surface area is 207 Å². The molecule has 1 aliphatic heterocycles. The molecule has 0 fully saturated rings. The zero-order valence-electron chi connectivity index (χ0n) is 17.8. The number of nitrogens with zero attached hydrogens (tertiary/aromatic N) is 2. The summed E-state index contributed by atoms with van der Waals surface area (Å²) in [5, 5.41) is 14.6. The summed E-state index contributed by atoms with van der Waals surface area (Å²) in [5.41, 5.74) is 3.41. The number of allylic oxidation sites excluding steroid dienone is 2. The lowest BCUT2D eigenvalue weighted by atomic mass is 9.76. The van der Waals surface area contributed by atoms with Gasteiger partial charge in [-0.3, -0.25) is 19.7 Å². The second kappa shape index (κ2) is 9.19. The number of H-pyrrole nitrogens is 1. The normalized spacial score (nSPS) is 17.1. The van der Waals surface area contributed by atoms with Gasteiger partial charge in [-0.15, -0.1) is 0 Å². The molecule has 3 aromatic rings. The maximum atomic E-state index is 13.3. The molecule has 0 saturated heterocycles. The van der Waals surface area contributed by atoms with Gasteiger partial charge in [0.2, 0.25) is 0 Å². The Morgan fingerprint density at radius 2 is 1.82 bits per heavy atom. The molecule has 1 unspecified atom stereocenters. The van der Waals surface area contributed by atoms with E-state index < -0.39 is 10.8 Å². The highest BCUT2D eigenvalue weighted by atomic mass is 79.9. The summed E-state index contributed by atoms with van der Waals surface area (Å²) in [6.45, 7) is 0. The number of anilines is 1. The van der Waals surface area contributed by atoms with E-state index in [0.29, 0.717) is 34.3 Å². The standard InChI is InChI=1S/C24H19BrN4O4S/c25-15-8-6-14(7-9-15)19-20-17(2-1-3-18(20)30)26-22-21(19)23(31)28-24(27-22)34-12-13-4-10-16(11-5-13)29(32)33/h4-11,19H,1-3,12H2,(H2,26,27,28,31). The van der Waals surface area contributed by atoms with E-state index in [4.69, 9.17) is 0 Å². The minimum atomic E-state index is -0.475. The topological polar surface area (TPSA) is 118 Å². The number of aromatic nitrogens is 2. The summed E-state index contributed by atoms with van der Waals surface area (Å²) in [4.78, 5) is 44.1. The van der Waals surface area contributed by atoms with E-state index in [2.05, 4.69) is 31.2 Å². The molecule has 8 nitrogen and oxygen atoms in total. The first-order valence-corrected chi connectivity index (χ1v) is 12.5. The summed E-state index contributed by atoms with van der Waals surface area (Å²) in [7, 11) is 0. The third kappa shape index (κ3) is 4.30. The molecular weight excluding hydrogens is 520 g/mol. The van der Waals surface area contributed by atoms with Crippen molar-refractivity contribution in [2.75, 3.05) is 5.32 Å². The maximum Gasteiger partial charge on any atom is 0.269 e. The van der Waals surface area contributed by atoms with Gasteiger partial charge in [0.05, 0.1) is 10.5 Å². The van der Waals surface area contributed by atoms with Crippen molar-refractivity contribution in [1.29, 1.82) is 0 Å². The first-order valence-electron chi connectivity index (χ1n) is 10.7. The van der Waals surface area contributed by atoms with Crippen LogP contribution in [0.5, 0.6) is 0 Å². The fraction of sp³-hybridized carbons (Fsp3) is 0.208. The van der Waals surface area contributed by atoms with E-state index in [1.54, 1.807) is 12.1 Å². The number of benzene rings is 2. The van der Waals surface area contributed by atoms with Crippen LogP contribution in [0, 0.1) is 10.1 Å². The molecule has 0 saturated carbocycles. The van der Waals surface area contributed by atoms with Gasteiger partial charge in [0, 0.05) is 46.0 Å². The Balaban J connectivity index is 1.50. The molecule has 0 spiro atoms. The number of ketones is 1. The zero-order valence-corrected chi connectivity index (χ0v) is 20.2. The first kappa shape index (κ1) is 22.5. The van der Waals surface area contributed by atoms with Crippen molar-refractivity contribution in [2.24, 2.45) is 0 Å². The number of nitro benzene ring substituents is 1. The third-order valence-electron chi connectivity index (χ3n) is 5.96. The fourth-order valence-corrected chi connectivity index (χ4v) is 5.44. The minimum Gasteiger partial charge on any atom is -0.343 e. The fourth-order valence-electron chi connectivity index (χ4n) is 4.36. The number of carbonyl (C=O) groups excluding carboxylic acids is 1. The molecule has 2 aromatic carbocycles. The number of nitro groups is 1. The number of nitrogens with one attached hydrogen (secondary N) is 2. The number of hydrogen-bond donors (Lipinski definition) is 2. The monoisotopic (exact) mass is 538 g/mol. The van der Waals surface area contributed by atoms with Gasteiger partial charge in [0.25, 0.3) is 11.2 Å². The Bertz CT molecular complexity index is 1380. The first-order chi connectivity index (χ1) is 16.4. The summed E-state index contributed by atoms with van der Waals surface area (Å²) in [6, 6.07) is 13.9. The van der Waals surface area contributed by atoms with Crippen molar-refractivity contribution in [2.45, 2.75) is 36.1 Å². The van der Waals surface area contributed by atoms with E-state index >= 15 is 0 Å². The van der Waals surface area contributed by atoms with Crippen LogP contribution in [0.15, 0.2) is 74.2 Å². The highest BCUT2D eigenvalue weighted by Crippen LogP contribution is 2.43. The Hall–Kier alpha value is -3.24. The molecule has 0 radical (unpaired) electrons. The Morgan fingerprint density at radius 1 is 1.09 bits per heavy atom. The summed E-state index contributed by atoms with van der Waals surface area (Å²) < 4.78 is 0.916. The molecule has 5 rings (SSSR count). The molecule has 172 valence electrons. The van der Waals surface area contributed by atoms with Crippen LogP contribution < -0.4 is 10.9 Å². The van der Waals surface area contributed by atoms with Crippen LogP contribution in [0.2, 0.25) is 0 Å². The molecule has 10 heteroatoms. The highest BCUT2D eigenvalue weighted by Gasteiger charge is 2.37. The van der Waals surface area contributed by atoms with Gasteiger partial charge >= 0.3 is 0 Å². The van der Waals surface area contributed by atoms with Crippen molar-refractivity contribution in [1.82, 2.24) is 9.97 Å². The van der Waals surface area contributed by atoms with Gasteiger partial charge in [0.15, 0.2) is 10.9 Å². The average Bonchev–Trinajstić information content (AvgIpc) is 2.82.